The molecule has 114 valence electrons. The van der Waals surface area contributed by atoms with Crippen LogP contribution in [-0.4, -0.2) is 37.0 Å². The van der Waals surface area contributed by atoms with Gasteiger partial charge in [0.15, 0.2) is 0 Å². The van der Waals surface area contributed by atoms with E-state index in [1.807, 2.05) is 23.1 Å². The lowest BCUT2D eigenvalue weighted by Crippen LogP contribution is -2.51. The van der Waals surface area contributed by atoms with Crippen LogP contribution in [0.3, 0.4) is 0 Å². The quantitative estimate of drug-likeness (QED) is 0.926. The smallest absolute Gasteiger partial charge is 0.230 e. The van der Waals surface area contributed by atoms with Crippen LogP contribution in [0.4, 0.5) is 0 Å². The molecule has 1 saturated heterocycles. The fourth-order valence-corrected chi connectivity index (χ4v) is 3.60. The van der Waals surface area contributed by atoms with Gasteiger partial charge in [-0.15, -0.1) is 0 Å². The molecule has 1 unspecified atom stereocenters. The highest BCUT2D eigenvalue weighted by Crippen LogP contribution is 2.39. The number of nitrogens with zero attached hydrogens (tertiary/aromatic N) is 1. The number of carbonyl (C=O) groups is 1. The average Bonchev–Trinajstić information content (AvgIpc) is 3.05. The minimum Gasteiger partial charge on any atom is -0.370 e. The molecule has 4 nitrogen and oxygen atoms in total. The summed E-state index contributed by atoms with van der Waals surface area (Å²) in [7, 11) is 0. The van der Waals surface area contributed by atoms with Crippen LogP contribution in [0.2, 0.25) is 0 Å². The molecule has 0 aromatic heterocycles. The summed E-state index contributed by atoms with van der Waals surface area (Å²) in [5.41, 5.74) is 6.78. The topological polar surface area (TPSA) is 55.6 Å². The molecule has 0 spiro atoms. The number of amides is 1. The molecule has 2 N–H and O–H groups in total. The van der Waals surface area contributed by atoms with Crippen LogP contribution < -0.4 is 5.73 Å². The van der Waals surface area contributed by atoms with Gasteiger partial charge in [-0.2, -0.15) is 0 Å². The van der Waals surface area contributed by atoms with E-state index in [4.69, 9.17) is 10.5 Å². The second-order valence-corrected chi connectivity index (χ2v) is 6.21. The molecular formula is C17H24N2O2. The lowest BCUT2D eigenvalue weighted by Gasteiger charge is -2.38. The monoisotopic (exact) mass is 288 g/mol. The van der Waals surface area contributed by atoms with Crippen LogP contribution in [0.15, 0.2) is 30.3 Å². The van der Waals surface area contributed by atoms with E-state index in [0.717, 1.165) is 31.2 Å². The Labute approximate surface area is 126 Å². The second kappa shape index (κ2) is 6.16. The summed E-state index contributed by atoms with van der Waals surface area (Å²) in [4.78, 5) is 14.9. The molecule has 2 aliphatic rings. The van der Waals surface area contributed by atoms with E-state index in [1.165, 1.54) is 0 Å². The molecule has 0 bridgehead atoms. The Kier molecular flexibility index (Phi) is 4.27. The van der Waals surface area contributed by atoms with Gasteiger partial charge in [0.2, 0.25) is 5.91 Å². The number of carbonyl (C=O) groups excluding carboxylic acids is 1. The maximum Gasteiger partial charge on any atom is 0.230 e. The molecule has 1 aromatic carbocycles. The van der Waals surface area contributed by atoms with Gasteiger partial charge in [0.1, 0.15) is 6.10 Å². The van der Waals surface area contributed by atoms with Crippen LogP contribution >= 0.6 is 0 Å². The first kappa shape index (κ1) is 14.5. The van der Waals surface area contributed by atoms with Gasteiger partial charge in [-0.05, 0) is 18.4 Å². The van der Waals surface area contributed by atoms with Crippen molar-refractivity contribution in [2.75, 3.05) is 26.2 Å². The van der Waals surface area contributed by atoms with Crippen LogP contribution in [0.1, 0.15) is 37.4 Å². The van der Waals surface area contributed by atoms with Gasteiger partial charge in [-0.1, -0.05) is 43.2 Å². The first-order chi connectivity index (χ1) is 10.2. The standard InChI is InChI=1S/C17H24N2O2/c18-13-17(8-4-5-9-17)16(20)19-10-11-21-15(12-19)14-6-2-1-3-7-14/h1-3,6-7,15H,4-5,8-13,18H2. The maximum absolute atomic E-state index is 12.9. The summed E-state index contributed by atoms with van der Waals surface area (Å²) in [6.07, 6.45) is 4.11. The Bertz CT molecular complexity index is 483. The molecule has 1 saturated carbocycles. The van der Waals surface area contributed by atoms with Crippen molar-refractivity contribution in [2.24, 2.45) is 11.1 Å². The zero-order valence-electron chi connectivity index (χ0n) is 12.5. The van der Waals surface area contributed by atoms with Crippen molar-refractivity contribution in [1.82, 2.24) is 4.90 Å². The van der Waals surface area contributed by atoms with Crippen LogP contribution in [0, 0.1) is 5.41 Å². The first-order valence-electron chi connectivity index (χ1n) is 7.91. The predicted molar refractivity (Wildman–Crippen MR) is 81.7 cm³/mol. The molecule has 1 aliphatic heterocycles. The Morgan fingerprint density at radius 1 is 1.29 bits per heavy atom. The maximum atomic E-state index is 12.9. The highest BCUT2D eigenvalue weighted by molar-refractivity contribution is 5.83. The molecule has 4 heteroatoms. The summed E-state index contributed by atoms with van der Waals surface area (Å²) in [6, 6.07) is 10.1. The molecule has 3 rings (SSSR count). The lowest BCUT2D eigenvalue weighted by atomic mass is 9.84. The molecule has 1 atom stereocenters. The van der Waals surface area contributed by atoms with Crippen molar-refractivity contribution in [3.05, 3.63) is 35.9 Å². The molecular weight excluding hydrogens is 264 g/mol. The minimum atomic E-state index is -0.307. The first-order valence-corrected chi connectivity index (χ1v) is 7.91. The highest BCUT2D eigenvalue weighted by atomic mass is 16.5. The number of ether oxygens (including phenoxy) is 1. The number of hydrogen-bond donors (Lipinski definition) is 1. The zero-order valence-corrected chi connectivity index (χ0v) is 12.5. The third-order valence-corrected chi connectivity index (χ3v) is 4.93. The summed E-state index contributed by atoms with van der Waals surface area (Å²) >= 11 is 0. The predicted octanol–water partition coefficient (Wildman–Crippen LogP) is 2.11. The molecule has 1 aromatic rings. The SMILES string of the molecule is NCC1(C(=O)N2CCOC(c3ccccc3)C2)CCCC1. The van der Waals surface area contributed by atoms with Gasteiger partial charge in [0.05, 0.1) is 18.6 Å². The lowest BCUT2D eigenvalue weighted by molar-refractivity contribution is -0.149. The normalized spacial score (nSPS) is 25.0. The number of benzene rings is 1. The molecule has 0 radical (unpaired) electrons. The van der Waals surface area contributed by atoms with E-state index in [9.17, 15) is 4.79 Å². The van der Waals surface area contributed by atoms with Gasteiger partial charge in [0.25, 0.3) is 0 Å². The van der Waals surface area contributed by atoms with Gasteiger partial charge in [-0.3, -0.25) is 4.79 Å². The van der Waals surface area contributed by atoms with Gasteiger partial charge < -0.3 is 15.4 Å². The summed E-state index contributed by atoms with van der Waals surface area (Å²) in [5, 5.41) is 0. The van der Waals surface area contributed by atoms with Gasteiger partial charge in [-0.25, -0.2) is 0 Å². The third-order valence-electron chi connectivity index (χ3n) is 4.93. The number of hydrogen-bond acceptors (Lipinski definition) is 3. The van der Waals surface area contributed by atoms with Crippen LogP contribution in [0.25, 0.3) is 0 Å². The van der Waals surface area contributed by atoms with Crippen LogP contribution in [0.5, 0.6) is 0 Å². The second-order valence-electron chi connectivity index (χ2n) is 6.21. The molecule has 21 heavy (non-hydrogen) atoms. The summed E-state index contributed by atoms with van der Waals surface area (Å²) < 4.78 is 5.85. The van der Waals surface area contributed by atoms with Crippen molar-refractivity contribution < 1.29 is 9.53 Å². The van der Waals surface area contributed by atoms with Crippen LogP contribution in [-0.2, 0) is 9.53 Å². The van der Waals surface area contributed by atoms with E-state index >= 15 is 0 Å². The Morgan fingerprint density at radius 3 is 2.67 bits per heavy atom. The number of nitrogens with two attached hydrogens (primary N) is 1. The average molecular weight is 288 g/mol. The van der Waals surface area contributed by atoms with E-state index < -0.39 is 0 Å². The van der Waals surface area contributed by atoms with E-state index in [0.29, 0.717) is 26.2 Å². The summed E-state index contributed by atoms with van der Waals surface area (Å²) in [6.45, 7) is 2.40. The fourth-order valence-electron chi connectivity index (χ4n) is 3.60. The largest absolute Gasteiger partial charge is 0.370 e. The van der Waals surface area contributed by atoms with E-state index in [2.05, 4.69) is 12.1 Å². The van der Waals surface area contributed by atoms with E-state index in [-0.39, 0.29) is 17.4 Å². The molecule has 1 heterocycles. The molecule has 2 fully saturated rings. The highest BCUT2D eigenvalue weighted by Gasteiger charge is 2.43. The van der Waals surface area contributed by atoms with Crippen molar-refractivity contribution in [2.45, 2.75) is 31.8 Å². The van der Waals surface area contributed by atoms with Crippen molar-refractivity contribution in [3.63, 3.8) is 0 Å². The Hall–Kier alpha value is -1.39. The third kappa shape index (κ3) is 2.83. The Morgan fingerprint density at radius 2 is 2.00 bits per heavy atom. The zero-order chi connectivity index (χ0) is 14.7. The van der Waals surface area contributed by atoms with Crippen molar-refractivity contribution in [3.8, 4) is 0 Å². The van der Waals surface area contributed by atoms with Crippen molar-refractivity contribution in [1.29, 1.82) is 0 Å². The summed E-state index contributed by atoms with van der Waals surface area (Å²) in [5.74, 6) is 0.242. The van der Waals surface area contributed by atoms with Crippen molar-refractivity contribution >= 4 is 5.91 Å². The fraction of sp³-hybridized carbons (Fsp3) is 0.588. The van der Waals surface area contributed by atoms with E-state index in [1.54, 1.807) is 0 Å². The molecule has 1 amide bonds. The van der Waals surface area contributed by atoms with Gasteiger partial charge in [0, 0.05) is 13.1 Å². The Balaban J connectivity index is 1.72. The minimum absolute atomic E-state index is 0.0138. The molecule has 1 aliphatic carbocycles. The number of rotatable bonds is 3. The van der Waals surface area contributed by atoms with Gasteiger partial charge >= 0.3 is 0 Å². The number of morpholine rings is 1.